The summed E-state index contributed by atoms with van der Waals surface area (Å²) in [4.78, 5) is 22.9. The molecule has 0 N–H and O–H groups in total. The highest BCUT2D eigenvalue weighted by molar-refractivity contribution is 5.72. The van der Waals surface area contributed by atoms with Crippen LogP contribution in [-0.2, 0) is 14.3 Å². The van der Waals surface area contributed by atoms with Gasteiger partial charge >= 0.3 is 5.97 Å². The molecule has 4 nitrogen and oxygen atoms in total. The third-order valence-electron chi connectivity index (χ3n) is 0.635. The quantitative estimate of drug-likeness (QED) is 0.240. The van der Waals surface area contributed by atoms with Crippen molar-refractivity contribution >= 4 is 12.0 Å². The molecule has 0 rings (SSSR count). The number of hydrogen-bond donors (Lipinski definition) is 0. The predicted octanol–water partition coefficient (Wildman–Crippen LogP) is 0.0514. The number of esters is 1. The molecule has 0 heterocycles. The second-order valence-corrected chi connectivity index (χ2v) is 1.38. The zero-order valence-corrected chi connectivity index (χ0v) is 5.37. The number of ether oxygens (including phenoxy) is 1. The van der Waals surface area contributed by atoms with Crippen LogP contribution in [-0.4, -0.2) is 25.2 Å². The van der Waals surface area contributed by atoms with Crippen molar-refractivity contribution in [2.24, 2.45) is 4.99 Å². The molecule has 4 heteroatoms. The van der Waals surface area contributed by atoms with Crippen LogP contribution in [0.1, 0.15) is 0 Å². The van der Waals surface area contributed by atoms with Gasteiger partial charge in [-0.2, -0.15) is 4.99 Å². The molecule has 0 radical (unpaired) electrons. The fourth-order valence-corrected chi connectivity index (χ4v) is 0.294. The largest absolute Gasteiger partial charge is 0.460 e. The lowest BCUT2D eigenvalue weighted by atomic mass is 10.6. The molecule has 0 fully saturated rings. The molecule has 0 aliphatic carbocycles. The minimum atomic E-state index is -0.553. The van der Waals surface area contributed by atoms with Gasteiger partial charge in [-0.05, 0) is 0 Å². The SMILES string of the molecule is C=CCOC(=O)CN=C=O. The Bertz CT molecular complexity index is 170. The molecule has 54 valence electrons. The highest BCUT2D eigenvalue weighted by Crippen LogP contribution is 1.78. The fraction of sp³-hybridized carbons (Fsp3) is 0.333. The lowest BCUT2D eigenvalue weighted by molar-refractivity contribution is -0.140. The van der Waals surface area contributed by atoms with E-state index in [9.17, 15) is 9.59 Å². The van der Waals surface area contributed by atoms with E-state index in [4.69, 9.17) is 0 Å². The number of carbonyl (C=O) groups excluding carboxylic acids is 2. The summed E-state index contributed by atoms with van der Waals surface area (Å²) >= 11 is 0. The van der Waals surface area contributed by atoms with Crippen LogP contribution in [0.25, 0.3) is 0 Å². The van der Waals surface area contributed by atoms with Gasteiger partial charge in [-0.15, -0.1) is 0 Å². The maximum Gasteiger partial charge on any atom is 0.328 e. The van der Waals surface area contributed by atoms with Crippen LogP contribution in [0, 0.1) is 0 Å². The minimum absolute atomic E-state index is 0.146. The molecule has 10 heavy (non-hydrogen) atoms. The summed E-state index contributed by atoms with van der Waals surface area (Å²) in [5, 5.41) is 0. The van der Waals surface area contributed by atoms with Gasteiger partial charge < -0.3 is 4.74 Å². The number of rotatable bonds is 4. The van der Waals surface area contributed by atoms with Crippen LogP contribution in [0.15, 0.2) is 17.6 Å². The van der Waals surface area contributed by atoms with Crippen molar-refractivity contribution < 1.29 is 14.3 Å². The van der Waals surface area contributed by atoms with Crippen molar-refractivity contribution in [1.29, 1.82) is 0 Å². The molecule has 0 aliphatic rings. The second kappa shape index (κ2) is 5.72. The van der Waals surface area contributed by atoms with Crippen molar-refractivity contribution in [3.05, 3.63) is 12.7 Å². The summed E-state index contributed by atoms with van der Waals surface area (Å²) in [6, 6.07) is 0. The summed E-state index contributed by atoms with van der Waals surface area (Å²) in [5.74, 6) is -0.553. The minimum Gasteiger partial charge on any atom is -0.460 e. The van der Waals surface area contributed by atoms with E-state index < -0.39 is 5.97 Å². The monoisotopic (exact) mass is 141 g/mol. The fourth-order valence-electron chi connectivity index (χ4n) is 0.294. The molecular weight excluding hydrogens is 134 g/mol. The lowest BCUT2D eigenvalue weighted by Gasteiger charge is -1.94. The molecule has 0 aliphatic heterocycles. The topological polar surface area (TPSA) is 55.7 Å². The third-order valence-corrected chi connectivity index (χ3v) is 0.635. The molecule has 0 aromatic heterocycles. The first kappa shape index (κ1) is 8.59. The molecule has 0 saturated carbocycles. The molecule has 0 aromatic rings. The van der Waals surface area contributed by atoms with Crippen molar-refractivity contribution in [3.63, 3.8) is 0 Å². The second-order valence-electron chi connectivity index (χ2n) is 1.38. The average molecular weight is 141 g/mol. The Balaban J connectivity index is 3.43. The Morgan fingerprint density at radius 2 is 2.50 bits per heavy atom. The van der Waals surface area contributed by atoms with E-state index >= 15 is 0 Å². The zero-order chi connectivity index (χ0) is 7.82. The first-order valence-corrected chi connectivity index (χ1v) is 2.61. The van der Waals surface area contributed by atoms with Crippen molar-refractivity contribution in [2.45, 2.75) is 0 Å². The molecule has 0 spiro atoms. The summed E-state index contributed by atoms with van der Waals surface area (Å²) in [5.41, 5.74) is 0. The van der Waals surface area contributed by atoms with Gasteiger partial charge in [0.2, 0.25) is 6.08 Å². The normalized spacial score (nSPS) is 7.60. The summed E-state index contributed by atoms with van der Waals surface area (Å²) < 4.78 is 4.46. The number of nitrogens with zero attached hydrogens (tertiary/aromatic N) is 1. The highest BCUT2D eigenvalue weighted by Gasteiger charge is 1.96. The van der Waals surface area contributed by atoms with E-state index in [1.54, 1.807) is 0 Å². The van der Waals surface area contributed by atoms with Gasteiger partial charge in [0, 0.05) is 0 Å². The molecule has 0 bridgehead atoms. The van der Waals surface area contributed by atoms with E-state index in [0.29, 0.717) is 0 Å². The van der Waals surface area contributed by atoms with Gasteiger partial charge in [0.25, 0.3) is 0 Å². The van der Waals surface area contributed by atoms with Gasteiger partial charge in [-0.3, -0.25) is 4.79 Å². The van der Waals surface area contributed by atoms with Crippen LogP contribution >= 0.6 is 0 Å². The Morgan fingerprint density at radius 1 is 1.80 bits per heavy atom. The molecule has 0 aromatic carbocycles. The van der Waals surface area contributed by atoms with Crippen LogP contribution in [0.4, 0.5) is 0 Å². The molecule has 0 saturated heterocycles. The van der Waals surface area contributed by atoms with Crippen molar-refractivity contribution in [1.82, 2.24) is 0 Å². The Kier molecular flexibility index (Phi) is 4.91. The predicted molar refractivity (Wildman–Crippen MR) is 34.1 cm³/mol. The van der Waals surface area contributed by atoms with E-state index in [-0.39, 0.29) is 13.2 Å². The van der Waals surface area contributed by atoms with Crippen molar-refractivity contribution in [2.75, 3.05) is 13.2 Å². The first-order chi connectivity index (χ1) is 4.81. The Hall–Kier alpha value is -1.41. The first-order valence-electron chi connectivity index (χ1n) is 2.61. The molecular formula is C6H7NO3. The van der Waals surface area contributed by atoms with Crippen LogP contribution < -0.4 is 0 Å². The maximum atomic E-state index is 10.4. The summed E-state index contributed by atoms with van der Waals surface area (Å²) in [6.45, 7) is 3.21. The maximum absolute atomic E-state index is 10.4. The summed E-state index contributed by atoms with van der Waals surface area (Å²) in [7, 11) is 0. The van der Waals surface area contributed by atoms with Gasteiger partial charge in [0.05, 0.1) is 0 Å². The van der Waals surface area contributed by atoms with E-state index in [0.717, 1.165) is 0 Å². The van der Waals surface area contributed by atoms with Crippen LogP contribution in [0.2, 0.25) is 0 Å². The molecule has 0 unspecified atom stereocenters. The van der Waals surface area contributed by atoms with E-state index in [1.807, 2.05) is 0 Å². The lowest BCUT2D eigenvalue weighted by Crippen LogP contribution is -2.07. The van der Waals surface area contributed by atoms with Gasteiger partial charge in [0.1, 0.15) is 13.2 Å². The Labute approximate surface area is 58.2 Å². The summed E-state index contributed by atoms with van der Waals surface area (Å²) in [6.07, 6.45) is 2.66. The zero-order valence-electron chi connectivity index (χ0n) is 5.37. The number of hydrogen-bond acceptors (Lipinski definition) is 4. The van der Waals surface area contributed by atoms with Crippen LogP contribution in [0.5, 0.6) is 0 Å². The van der Waals surface area contributed by atoms with Gasteiger partial charge in [-0.1, -0.05) is 12.7 Å². The van der Waals surface area contributed by atoms with Crippen LogP contribution in [0.3, 0.4) is 0 Å². The number of aliphatic imine (C=N–C) groups is 1. The number of isocyanates is 1. The van der Waals surface area contributed by atoms with Gasteiger partial charge in [-0.25, -0.2) is 4.79 Å². The van der Waals surface area contributed by atoms with Crippen molar-refractivity contribution in [3.8, 4) is 0 Å². The Morgan fingerprint density at radius 3 is 3.00 bits per heavy atom. The number of carbonyl (C=O) groups is 1. The molecule has 0 amide bonds. The smallest absolute Gasteiger partial charge is 0.328 e. The van der Waals surface area contributed by atoms with E-state index in [1.165, 1.54) is 12.2 Å². The third kappa shape index (κ3) is 4.74. The van der Waals surface area contributed by atoms with E-state index in [2.05, 4.69) is 16.3 Å². The highest BCUT2D eigenvalue weighted by atomic mass is 16.5. The molecule has 0 atom stereocenters. The van der Waals surface area contributed by atoms with Gasteiger partial charge in [0.15, 0.2) is 0 Å². The average Bonchev–Trinajstić information content (AvgIpc) is 1.97. The standard InChI is InChI=1S/C6H7NO3/c1-2-3-10-6(9)4-7-5-8/h2H,1,3-4H2.